The van der Waals surface area contributed by atoms with Gasteiger partial charge >= 0.3 is 0 Å². The normalized spacial score (nSPS) is 10.1. The lowest BCUT2D eigenvalue weighted by Gasteiger charge is -2.08. The van der Waals surface area contributed by atoms with Crippen molar-refractivity contribution in [1.82, 2.24) is 0 Å². The fraction of sp³-hybridized carbons (Fsp3) is 0.143. The minimum absolute atomic E-state index is 0.646. The first kappa shape index (κ1) is 12.6. The second-order valence-corrected chi connectivity index (χ2v) is 4.83. The minimum atomic E-state index is 0.646. The largest absolute Gasteiger partial charge is 0.497 e. The summed E-state index contributed by atoms with van der Waals surface area (Å²) in [5.41, 5.74) is 6.43. The van der Waals surface area contributed by atoms with Crippen molar-refractivity contribution in [3.63, 3.8) is 0 Å². The molecule has 3 nitrogen and oxygen atoms in total. The first-order valence-electron chi connectivity index (χ1n) is 5.48. The molecule has 0 amide bonds. The van der Waals surface area contributed by atoms with Crippen LogP contribution in [0.1, 0.15) is 0 Å². The van der Waals surface area contributed by atoms with Gasteiger partial charge in [-0.3, -0.25) is 0 Å². The molecule has 0 aromatic heterocycles. The molecule has 18 heavy (non-hydrogen) atoms. The second kappa shape index (κ2) is 5.69. The van der Waals surface area contributed by atoms with E-state index in [1.165, 1.54) is 0 Å². The number of methoxy groups -OCH3 is 2. The molecule has 2 aromatic rings. The molecule has 0 bridgehead atoms. The van der Waals surface area contributed by atoms with E-state index >= 15 is 0 Å². The first-order chi connectivity index (χ1) is 8.72. The molecule has 0 aliphatic rings. The van der Waals surface area contributed by atoms with Crippen molar-refractivity contribution in [2.45, 2.75) is 9.79 Å². The zero-order valence-electron chi connectivity index (χ0n) is 10.3. The minimum Gasteiger partial charge on any atom is -0.497 e. The third-order valence-electron chi connectivity index (χ3n) is 2.48. The van der Waals surface area contributed by atoms with Gasteiger partial charge in [0.25, 0.3) is 0 Å². The van der Waals surface area contributed by atoms with Crippen molar-refractivity contribution in [2.24, 2.45) is 0 Å². The zero-order chi connectivity index (χ0) is 13.0. The Bertz CT molecular complexity index is 543. The van der Waals surface area contributed by atoms with Gasteiger partial charge in [0.1, 0.15) is 11.5 Å². The van der Waals surface area contributed by atoms with Gasteiger partial charge in [-0.2, -0.15) is 0 Å². The quantitative estimate of drug-likeness (QED) is 0.856. The Morgan fingerprint density at radius 1 is 0.944 bits per heavy atom. The van der Waals surface area contributed by atoms with Gasteiger partial charge in [0, 0.05) is 9.79 Å². The van der Waals surface area contributed by atoms with E-state index in [0.29, 0.717) is 11.4 Å². The van der Waals surface area contributed by atoms with E-state index in [0.717, 1.165) is 15.5 Å². The van der Waals surface area contributed by atoms with E-state index in [1.54, 1.807) is 26.0 Å². The Labute approximate surface area is 111 Å². The lowest BCUT2D eigenvalue weighted by molar-refractivity contribution is 0.413. The predicted octanol–water partition coefficient (Wildman–Crippen LogP) is 3.44. The highest BCUT2D eigenvalue weighted by molar-refractivity contribution is 7.99. The monoisotopic (exact) mass is 261 g/mol. The van der Waals surface area contributed by atoms with Gasteiger partial charge in [-0.1, -0.05) is 17.8 Å². The molecule has 0 aliphatic carbocycles. The maximum atomic E-state index is 5.78. The number of anilines is 1. The number of nitrogens with two attached hydrogens (primary N) is 1. The van der Waals surface area contributed by atoms with E-state index in [9.17, 15) is 0 Å². The van der Waals surface area contributed by atoms with Crippen LogP contribution in [0.2, 0.25) is 0 Å². The summed E-state index contributed by atoms with van der Waals surface area (Å²) < 4.78 is 10.4. The summed E-state index contributed by atoms with van der Waals surface area (Å²) in [6.45, 7) is 0. The molecular weight excluding hydrogens is 246 g/mol. The van der Waals surface area contributed by atoms with E-state index in [4.69, 9.17) is 15.2 Å². The fourth-order valence-corrected chi connectivity index (χ4v) is 2.45. The molecule has 2 rings (SSSR count). The van der Waals surface area contributed by atoms with Crippen molar-refractivity contribution in [3.8, 4) is 11.5 Å². The van der Waals surface area contributed by atoms with Crippen molar-refractivity contribution in [2.75, 3.05) is 20.0 Å². The SMILES string of the molecule is COc1cccc(Sc2ccc(N)c(OC)c2)c1. The molecule has 0 spiro atoms. The third-order valence-corrected chi connectivity index (χ3v) is 3.46. The van der Waals surface area contributed by atoms with Crippen LogP contribution in [0.15, 0.2) is 52.3 Å². The van der Waals surface area contributed by atoms with Gasteiger partial charge in [0.15, 0.2) is 0 Å². The first-order valence-corrected chi connectivity index (χ1v) is 6.30. The van der Waals surface area contributed by atoms with Crippen LogP contribution < -0.4 is 15.2 Å². The molecule has 0 aliphatic heterocycles. The highest BCUT2D eigenvalue weighted by Gasteiger charge is 2.03. The van der Waals surface area contributed by atoms with Gasteiger partial charge in [-0.15, -0.1) is 0 Å². The maximum Gasteiger partial charge on any atom is 0.142 e. The summed E-state index contributed by atoms with van der Waals surface area (Å²) in [6.07, 6.45) is 0. The highest BCUT2D eigenvalue weighted by atomic mass is 32.2. The Morgan fingerprint density at radius 3 is 2.44 bits per heavy atom. The van der Waals surface area contributed by atoms with Crippen LogP contribution in [-0.4, -0.2) is 14.2 Å². The Hall–Kier alpha value is -1.81. The van der Waals surface area contributed by atoms with Crippen LogP contribution in [0.25, 0.3) is 0 Å². The van der Waals surface area contributed by atoms with E-state index < -0.39 is 0 Å². The van der Waals surface area contributed by atoms with E-state index in [-0.39, 0.29) is 0 Å². The van der Waals surface area contributed by atoms with Crippen molar-refractivity contribution >= 4 is 17.4 Å². The zero-order valence-corrected chi connectivity index (χ0v) is 11.2. The van der Waals surface area contributed by atoms with Crippen molar-refractivity contribution in [1.29, 1.82) is 0 Å². The third kappa shape index (κ3) is 2.90. The molecule has 0 saturated heterocycles. The molecule has 0 atom stereocenters. The fourth-order valence-electron chi connectivity index (χ4n) is 1.56. The number of hydrogen-bond acceptors (Lipinski definition) is 4. The molecule has 4 heteroatoms. The van der Waals surface area contributed by atoms with Crippen LogP contribution in [-0.2, 0) is 0 Å². The Kier molecular flexibility index (Phi) is 3.99. The van der Waals surface area contributed by atoms with Crippen molar-refractivity contribution < 1.29 is 9.47 Å². The average molecular weight is 261 g/mol. The van der Waals surface area contributed by atoms with Gasteiger partial charge in [0.05, 0.1) is 19.9 Å². The van der Waals surface area contributed by atoms with Crippen LogP contribution >= 0.6 is 11.8 Å². The average Bonchev–Trinajstić information content (AvgIpc) is 2.41. The Morgan fingerprint density at radius 2 is 1.72 bits per heavy atom. The Balaban J connectivity index is 2.22. The number of hydrogen-bond donors (Lipinski definition) is 1. The standard InChI is InChI=1S/C14H15NO2S/c1-16-10-4-3-5-11(8-10)18-12-6-7-13(15)14(9-12)17-2/h3-9H,15H2,1-2H3. The van der Waals surface area contributed by atoms with Crippen LogP contribution in [0.4, 0.5) is 5.69 Å². The van der Waals surface area contributed by atoms with Gasteiger partial charge in [-0.25, -0.2) is 0 Å². The lowest BCUT2D eigenvalue weighted by atomic mass is 10.3. The highest BCUT2D eigenvalue weighted by Crippen LogP contribution is 2.34. The summed E-state index contributed by atoms with van der Waals surface area (Å²) in [7, 11) is 3.28. The number of nitrogen functional groups attached to an aromatic ring is 1. The second-order valence-electron chi connectivity index (χ2n) is 3.68. The summed E-state index contributed by atoms with van der Waals surface area (Å²) in [5, 5.41) is 0. The molecule has 0 fully saturated rings. The van der Waals surface area contributed by atoms with E-state index in [2.05, 4.69) is 0 Å². The molecule has 0 radical (unpaired) electrons. The molecular formula is C14H15NO2S. The number of rotatable bonds is 4. The van der Waals surface area contributed by atoms with E-state index in [1.807, 2.05) is 42.5 Å². The molecule has 0 heterocycles. The van der Waals surface area contributed by atoms with Gasteiger partial charge < -0.3 is 15.2 Å². The van der Waals surface area contributed by atoms with Crippen LogP contribution in [0.5, 0.6) is 11.5 Å². The molecule has 0 unspecified atom stereocenters. The van der Waals surface area contributed by atoms with Gasteiger partial charge in [0.2, 0.25) is 0 Å². The molecule has 0 saturated carbocycles. The maximum absolute atomic E-state index is 5.78. The van der Waals surface area contributed by atoms with Crippen LogP contribution in [0.3, 0.4) is 0 Å². The predicted molar refractivity (Wildman–Crippen MR) is 74.5 cm³/mol. The summed E-state index contributed by atoms with van der Waals surface area (Å²) in [6, 6.07) is 13.7. The van der Waals surface area contributed by atoms with Crippen molar-refractivity contribution in [3.05, 3.63) is 42.5 Å². The number of ether oxygens (including phenoxy) is 2. The lowest BCUT2D eigenvalue weighted by Crippen LogP contribution is -1.91. The molecule has 2 aromatic carbocycles. The van der Waals surface area contributed by atoms with Gasteiger partial charge in [-0.05, 0) is 36.4 Å². The topological polar surface area (TPSA) is 44.5 Å². The smallest absolute Gasteiger partial charge is 0.142 e. The number of benzene rings is 2. The summed E-state index contributed by atoms with van der Waals surface area (Å²) in [5.74, 6) is 1.55. The van der Waals surface area contributed by atoms with Crippen LogP contribution in [0, 0.1) is 0 Å². The molecule has 2 N–H and O–H groups in total. The summed E-state index contributed by atoms with van der Waals surface area (Å²) in [4.78, 5) is 2.19. The molecule has 94 valence electrons. The summed E-state index contributed by atoms with van der Waals surface area (Å²) >= 11 is 1.64.